The van der Waals surface area contributed by atoms with Crippen LogP contribution in [0.3, 0.4) is 0 Å². The Balaban J connectivity index is 2.07. The first-order valence-electron chi connectivity index (χ1n) is 6.42. The molecular formula is C13H18N4S. The lowest BCUT2D eigenvalue weighted by atomic mass is 10.2. The lowest BCUT2D eigenvalue weighted by Crippen LogP contribution is -2.31. The molecule has 2 heterocycles. The molecule has 3 rings (SSSR count). The molecule has 1 aliphatic carbocycles. The van der Waals surface area contributed by atoms with E-state index in [0.29, 0.717) is 17.9 Å². The molecule has 18 heavy (non-hydrogen) atoms. The number of aromatic nitrogens is 2. The normalized spacial score (nSPS) is 15.5. The van der Waals surface area contributed by atoms with Gasteiger partial charge < -0.3 is 10.6 Å². The molecule has 1 fully saturated rings. The van der Waals surface area contributed by atoms with Gasteiger partial charge in [0.05, 0.1) is 5.39 Å². The maximum atomic E-state index is 5.83. The third-order valence-corrected chi connectivity index (χ3v) is 3.95. The minimum absolute atomic E-state index is 0.384. The zero-order valence-electron chi connectivity index (χ0n) is 10.8. The van der Waals surface area contributed by atoms with Crippen LogP contribution in [0.2, 0.25) is 0 Å². The Labute approximate surface area is 111 Å². The van der Waals surface area contributed by atoms with E-state index in [0.717, 1.165) is 22.6 Å². The molecule has 0 aromatic carbocycles. The molecule has 0 saturated heterocycles. The summed E-state index contributed by atoms with van der Waals surface area (Å²) in [6, 6.07) is 2.74. The highest BCUT2D eigenvalue weighted by Crippen LogP contribution is 2.36. The van der Waals surface area contributed by atoms with Crippen LogP contribution < -0.4 is 10.6 Å². The molecule has 0 spiro atoms. The van der Waals surface area contributed by atoms with Crippen molar-refractivity contribution in [1.29, 1.82) is 0 Å². The molecular weight excluding hydrogens is 244 g/mol. The van der Waals surface area contributed by atoms with Crippen molar-refractivity contribution in [3.63, 3.8) is 0 Å². The van der Waals surface area contributed by atoms with E-state index in [1.807, 2.05) is 0 Å². The lowest BCUT2D eigenvalue weighted by molar-refractivity contribution is 0.604. The van der Waals surface area contributed by atoms with Crippen molar-refractivity contribution in [3.05, 3.63) is 11.4 Å². The first-order chi connectivity index (χ1) is 8.65. The summed E-state index contributed by atoms with van der Waals surface area (Å²) in [7, 11) is 0. The molecule has 4 nitrogen and oxygen atoms in total. The van der Waals surface area contributed by atoms with Crippen LogP contribution in [0.1, 0.15) is 26.7 Å². The molecule has 2 aromatic rings. The summed E-state index contributed by atoms with van der Waals surface area (Å²) in [5.74, 6) is 2.03. The fourth-order valence-electron chi connectivity index (χ4n) is 2.26. The third kappa shape index (κ3) is 2.14. The topological polar surface area (TPSA) is 55.0 Å². The second-order valence-corrected chi connectivity index (χ2v) is 6.22. The monoisotopic (exact) mass is 262 g/mol. The molecule has 0 unspecified atom stereocenters. The van der Waals surface area contributed by atoms with Crippen LogP contribution in [0.5, 0.6) is 0 Å². The lowest BCUT2D eigenvalue weighted by Gasteiger charge is -2.26. The highest BCUT2D eigenvalue weighted by atomic mass is 32.1. The van der Waals surface area contributed by atoms with E-state index >= 15 is 0 Å². The van der Waals surface area contributed by atoms with E-state index in [1.54, 1.807) is 11.3 Å². The number of nitrogen functional groups attached to an aromatic ring is 1. The molecule has 2 N–H and O–H groups in total. The molecule has 0 atom stereocenters. The van der Waals surface area contributed by atoms with E-state index in [2.05, 4.69) is 40.2 Å². The summed E-state index contributed by atoms with van der Waals surface area (Å²) in [6.45, 7) is 5.52. The largest absolute Gasteiger partial charge is 0.368 e. The van der Waals surface area contributed by atoms with Gasteiger partial charge in [0.25, 0.3) is 0 Å². The van der Waals surface area contributed by atoms with Gasteiger partial charge in [-0.1, -0.05) is 13.8 Å². The van der Waals surface area contributed by atoms with Crippen LogP contribution in [-0.2, 0) is 0 Å². The second-order valence-electron chi connectivity index (χ2n) is 5.32. The quantitative estimate of drug-likeness (QED) is 0.920. The number of hydrogen-bond donors (Lipinski definition) is 1. The van der Waals surface area contributed by atoms with Crippen molar-refractivity contribution in [2.24, 2.45) is 5.92 Å². The Morgan fingerprint density at radius 3 is 2.89 bits per heavy atom. The number of nitrogens with two attached hydrogens (primary N) is 1. The maximum absolute atomic E-state index is 5.83. The van der Waals surface area contributed by atoms with Gasteiger partial charge >= 0.3 is 0 Å². The average molecular weight is 262 g/mol. The molecule has 0 aliphatic heterocycles. The van der Waals surface area contributed by atoms with E-state index < -0.39 is 0 Å². The van der Waals surface area contributed by atoms with Crippen LogP contribution in [0.15, 0.2) is 11.4 Å². The first-order valence-corrected chi connectivity index (χ1v) is 7.30. The van der Waals surface area contributed by atoms with Crippen molar-refractivity contribution in [3.8, 4) is 0 Å². The van der Waals surface area contributed by atoms with Crippen molar-refractivity contribution in [1.82, 2.24) is 9.97 Å². The SMILES string of the molecule is CC(C)CN(c1nc(N)nc2sccc12)C1CC1. The Kier molecular flexibility index (Phi) is 2.86. The summed E-state index contributed by atoms with van der Waals surface area (Å²) < 4.78 is 0. The Bertz CT molecular complexity index is 559. The number of anilines is 2. The van der Waals surface area contributed by atoms with Crippen LogP contribution in [-0.4, -0.2) is 22.6 Å². The van der Waals surface area contributed by atoms with E-state index in [4.69, 9.17) is 5.73 Å². The predicted octanol–water partition coefficient (Wildman–Crippen LogP) is 2.90. The smallest absolute Gasteiger partial charge is 0.223 e. The fourth-order valence-corrected chi connectivity index (χ4v) is 3.03. The highest BCUT2D eigenvalue weighted by molar-refractivity contribution is 7.16. The van der Waals surface area contributed by atoms with Gasteiger partial charge in [0.2, 0.25) is 5.95 Å². The van der Waals surface area contributed by atoms with Gasteiger partial charge in [-0.3, -0.25) is 0 Å². The minimum atomic E-state index is 0.384. The third-order valence-electron chi connectivity index (χ3n) is 3.14. The average Bonchev–Trinajstić information content (AvgIpc) is 3.04. The van der Waals surface area contributed by atoms with E-state index in [9.17, 15) is 0 Å². The van der Waals surface area contributed by atoms with Crippen molar-refractivity contribution >= 4 is 33.3 Å². The summed E-state index contributed by atoms with van der Waals surface area (Å²) in [5, 5.41) is 3.20. The highest BCUT2D eigenvalue weighted by Gasteiger charge is 2.31. The summed E-state index contributed by atoms with van der Waals surface area (Å²) in [4.78, 5) is 12.2. The summed E-state index contributed by atoms with van der Waals surface area (Å²) in [6.07, 6.45) is 2.53. The van der Waals surface area contributed by atoms with Crippen LogP contribution >= 0.6 is 11.3 Å². The zero-order chi connectivity index (χ0) is 12.7. The van der Waals surface area contributed by atoms with E-state index in [1.165, 1.54) is 12.8 Å². The molecule has 2 aromatic heterocycles. The standard InChI is InChI=1S/C13H18N4S/c1-8(2)7-17(9-3-4-9)11-10-5-6-18-12(10)16-13(14)15-11/h5-6,8-9H,3-4,7H2,1-2H3,(H2,14,15,16). The molecule has 1 aliphatic rings. The van der Waals surface area contributed by atoms with Crippen molar-refractivity contribution < 1.29 is 0 Å². The van der Waals surface area contributed by atoms with Gasteiger partial charge in [0.15, 0.2) is 0 Å². The van der Waals surface area contributed by atoms with Crippen LogP contribution in [0.25, 0.3) is 10.2 Å². The molecule has 5 heteroatoms. The van der Waals surface area contributed by atoms with E-state index in [-0.39, 0.29) is 0 Å². The van der Waals surface area contributed by atoms with Gasteiger partial charge in [-0.05, 0) is 30.2 Å². The zero-order valence-corrected chi connectivity index (χ0v) is 11.6. The second kappa shape index (κ2) is 4.39. The van der Waals surface area contributed by atoms with Gasteiger partial charge in [-0.15, -0.1) is 11.3 Å². The maximum Gasteiger partial charge on any atom is 0.223 e. The molecule has 0 radical (unpaired) electrons. The first kappa shape index (κ1) is 11.7. The van der Waals surface area contributed by atoms with Crippen LogP contribution in [0.4, 0.5) is 11.8 Å². The number of fused-ring (bicyclic) bond motifs is 1. The molecule has 1 saturated carbocycles. The minimum Gasteiger partial charge on any atom is -0.368 e. The molecule has 0 bridgehead atoms. The Morgan fingerprint density at radius 1 is 1.44 bits per heavy atom. The summed E-state index contributed by atoms with van der Waals surface area (Å²) in [5.41, 5.74) is 5.83. The van der Waals surface area contributed by atoms with Gasteiger partial charge in [0.1, 0.15) is 10.6 Å². The fraction of sp³-hybridized carbons (Fsp3) is 0.538. The molecule has 0 amide bonds. The number of rotatable bonds is 4. The van der Waals surface area contributed by atoms with Crippen molar-refractivity contribution in [2.45, 2.75) is 32.7 Å². The van der Waals surface area contributed by atoms with Gasteiger partial charge in [-0.2, -0.15) is 4.98 Å². The van der Waals surface area contributed by atoms with Crippen LogP contribution in [0, 0.1) is 5.92 Å². The number of thiophene rings is 1. The number of nitrogens with zero attached hydrogens (tertiary/aromatic N) is 3. The Hall–Kier alpha value is -1.36. The Morgan fingerprint density at radius 2 is 2.22 bits per heavy atom. The number of hydrogen-bond acceptors (Lipinski definition) is 5. The predicted molar refractivity (Wildman–Crippen MR) is 77.0 cm³/mol. The van der Waals surface area contributed by atoms with Gasteiger partial charge in [0, 0.05) is 12.6 Å². The summed E-state index contributed by atoms with van der Waals surface area (Å²) >= 11 is 1.63. The van der Waals surface area contributed by atoms with Gasteiger partial charge in [-0.25, -0.2) is 4.98 Å². The molecule has 96 valence electrons. The van der Waals surface area contributed by atoms with Crippen molar-refractivity contribution in [2.75, 3.05) is 17.2 Å².